The van der Waals surface area contributed by atoms with Gasteiger partial charge < -0.3 is 10.1 Å². The van der Waals surface area contributed by atoms with Gasteiger partial charge in [0.15, 0.2) is 0 Å². The molecule has 0 saturated heterocycles. The molecule has 4 nitrogen and oxygen atoms in total. The highest BCUT2D eigenvalue weighted by Gasteiger charge is 2.06. The van der Waals surface area contributed by atoms with Crippen molar-refractivity contribution in [3.63, 3.8) is 0 Å². The van der Waals surface area contributed by atoms with Gasteiger partial charge in [0.2, 0.25) is 0 Å². The first-order valence-electron chi connectivity index (χ1n) is 7.19. The molecule has 2 rings (SSSR count). The summed E-state index contributed by atoms with van der Waals surface area (Å²) in [4.78, 5) is 10.3. The molecule has 0 amide bonds. The number of methoxy groups -OCH3 is 1. The molecule has 0 aliphatic carbocycles. The largest absolute Gasteiger partial charge is 0.497 e. The minimum absolute atomic E-state index is 0.856. The van der Waals surface area contributed by atoms with Crippen LogP contribution in [0.1, 0.15) is 26.1 Å². The van der Waals surface area contributed by atoms with Crippen molar-refractivity contribution >= 4 is 17.6 Å². The number of aromatic nitrogens is 2. The standard InChI is InChI=1S/C16H21N3OS/c1-4-6-14-18-15(17-5-2)11-16(19-14)21-13-9-7-12(20-3)8-10-13/h7-11H,4-6H2,1-3H3,(H,17,18,19). The summed E-state index contributed by atoms with van der Waals surface area (Å²) in [5.74, 6) is 2.65. The first-order valence-corrected chi connectivity index (χ1v) is 8.00. The van der Waals surface area contributed by atoms with E-state index in [1.54, 1.807) is 18.9 Å². The smallest absolute Gasteiger partial charge is 0.132 e. The molecule has 0 spiro atoms. The number of anilines is 1. The molecule has 112 valence electrons. The molecule has 0 saturated carbocycles. The molecule has 0 unspecified atom stereocenters. The number of hydrogen-bond acceptors (Lipinski definition) is 5. The van der Waals surface area contributed by atoms with Crippen LogP contribution in [0.4, 0.5) is 5.82 Å². The molecule has 0 aliphatic heterocycles. The first kappa shape index (κ1) is 15.6. The fourth-order valence-electron chi connectivity index (χ4n) is 1.90. The number of ether oxygens (including phenoxy) is 1. The molecular formula is C16H21N3OS. The van der Waals surface area contributed by atoms with E-state index in [-0.39, 0.29) is 0 Å². The minimum Gasteiger partial charge on any atom is -0.497 e. The average Bonchev–Trinajstić information content (AvgIpc) is 2.48. The van der Waals surface area contributed by atoms with Crippen molar-refractivity contribution in [3.05, 3.63) is 36.2 Å². The lowest BCUT2D eigenvalue weighted by Crippen LogP contribution is -2.04. The molecule has 21 heavy (non-hydrogen) atoms. The van der Waals surface area contributed by atoms with Gasteiger partial charge in [-0.05, 0) is 37.6 Å². The number of nitrogens with zero attached hydrogens (tertiary/aromatic N) is 2. The first-order chi connectivity index (χ1) is 10.2. The molecular weight excluding hydrogens is 282 g/mol. The maximum Gasteiger partial charge on any atom is 0.132 e. The van der Waals surface area contributed by atoms with Crippen LogP contribution >= 0.6 is 11.8 Å². The highest BCUT2D eigenvalue weighted by atomic mass is 32.2. The van der Waals surface area contributed by atoms with E-state index in [0.717, 1.165) is 46.7 Å². The lowest BCUT2D eigenvalue weighted by molar-refractivity contribution is 0.414. The van der Waals surface area contributed by atoms with Gasteiger partial charge in [0.25, 0.3) is 0 Å². The number of hydrogen-bond donors (Lipinski definition) is 1. The Hall–Kier alpha value is -1.75. The SMILES string of the molecule is CCCc1nc(NCC)cc(Sc2ccc(OC)cc2)n1. The molecule has 0 aliphatic rings. The van der Waals surface area contributed by atoms with E-state index in [1.165, 1.54) is 0 Å². The van der Waals surface area contributed by atoms with E-state index >= 15 is 0 Å². The Morgan fingerprint density at radius 2 is 1.90 bits per heavy atom. The van der Waals surface area contributed by atoms with Crippen LogP contribution in [0.15, 0.2) is 40.3 Å². The van der Waals surface area contributed by atoms with Crippen LogP contribution in [-0.2, 0) is 6.42 Å². The van der Waals surface area contributed by atoms with Gasteiger partial charge >= 0.3 is 0 Å². The maximum absolute atomic E-state index is 5.18. The second-order valence-corrected chi connectivity index (χ2v) is 5.66. The van der Waals surface area contributed by atoms with Gasteiger partial charge in [-0.1, -0.05) is 18.7 Å². The molecule has 0 bridgehead atoms. The zero-order valence-electron chi connectivity index (χ0n) is 12.7. The monoisotopic (exact) mass is 303 g/mol. The predicted octanol–water partition coefficient (Wildman–Crippen LogP) is 4.02. The summed E-state index contributed by atoms with van der Waals surface area (Å²) in [5, 5.41) is 4.23. The van der Waals surface area contributed by atoms with Crippen molar-refractivity contribution in [2.24, 2.45) is 0 Å². The Bertz CT molecular complexity index is 548. The molecule has 0 atom stereocenters. The molecule has 2 aromatic rings. The number of nitrogens with one attached hydrogen (secondary N) is 1. The van der Waals surface area contributed by atoms with Gasteiger partial charge in [-0.25, -0.2) is 9.97 Å². The van der Waals surface area contributed by atoms with Crippen molar-refractivity contribution in [3.8, 4) is 5.75 Å². The molecule has 0 fully saturated rings. The van der Waals surface area contributed by atoms with E-state index in [2.05, 4.69) is 29.1 Å². The Morgan fingerprint density at radius 1 is 1.14 bits per heavy atom. The third kappa shape index (κ3) is 4.63. The fraction of sp³-hybridized carbons (Fsp3) is 0.375. The van der Waals surface area contributed by atoms with Crippen LogP contribution in [0.5, 0.6) is 5.75 Å². The molecule has 5 heteroatoms. The van der Waals surface area contributed by atoms with Crippen LogP contribution in [0.3, 0.4) is 0 Å². The Balaban J connectivity index is 2.20. The second-order valence-electron chi connectivity index (χ2n) is 4.57. The summed E-state index contributed by atoms with van der Waals surface area (Å²) in [7, 11) is 1.67. The summed E-state index contributed by atoms with van der Waals surface area (Å²) in [6.45, 7) is 5.06. The van der Waals surface area contributed by atoms with E-state index in [0.29, 0.717) is 0 Å². The number of benzene rings is 1. The van der Waals surface area contributed by atoms with Crippen LogP contribution in [0.25, 0.3) is 0 Å². The number of aryl methyl sites for hydroxylation is 1. The van der Waals surface area contributed by atoms with Crippen molar-refractivity contribution in [1.29, 1.82) is 0 Å². The van der Waals surface area contributed by atoms with E-state index in [4.69, 9.17) is 4.74 Å². The Kier molecular flexibility index (Phi) is 5.87. The summed E-state index contributed by atoms with van der Waals surface area (Å²) >= 11 is 1.64. The number of rotatable bonds is 7. The van der Waals surface area contributed by atoms with Gasteiger partial charge in [0.1, 0.15) is 22.4 Å². The lowest BCUT2D eigenvalue weighted by Gasteiger charge is -2.08. The summed E-state index contributed by atoms with van der Waals surface area (Å²) < 4.78 is 5.18. The zero-order valence-corrected chi connectivity index (χ0v) is 13.5. The van der Waals surface area contributed by atoms with E-state index < -0.39 is 0 Å². The van der Waals surface area contributed by atoms with Crippen molar-refractivity contribution in [1.82, 2.24) is 9.97 Å². The minimum atomic E-state index is 0.856. The van der Waals surface area contributed by atoms with Crippen molar-refractivity contribution in [2.75, 3.05) is 19.0 Å². The third-order valence-corrected chi connectivity index (χ3v) is 3.79. The van der Waals surface area contributed by atoms with Crippen LogP contribution in [0, 0.1) is 0 Å². The fourth-order valence-corrected chi connectivity index (χ4v) is 2.73. The van der Waals surface area contributed by atoms with Crippen molar-refractivity contribution < 1.29 is 4.74 Å². The summed E-state index contributed by atoms with van der Waals surface area (Å²) in [6.07, 6.45) is 1.94. The van der Waals surface area contributed by atoms with Gasteiger partial charge in [-0.2, -0.15) is 0 Å². The Morgan fingerprint density at radius 3 is 2.52 bits per heavy atom. The topological polar surface area (TPSA) is 47.0 Å². The highest BCUT2D eigenvalue weighted by molar-refractivity contribution is 7.99. The molecule has 1 N–H and O–H groups in total. The van der Waals surface area contributed by atoms with Crippen LogP contribution in [-0.4, -0.2) is 23.6 Å². The highest BCUT2D eigenvalue weighted by Crippen LogP contribution is 2.29. The van der Waals surface area contributed by atoms with Gasteiger partial charge in [0.05, 0.1) is 7.11 Å². The van der Waals surface area contributed by atoms with Crippen LogP contribution in [0.2, 0.25) is 0 Å². The summed E-state index contributed by atoms with van der Waals surface area (Å²) in [6, 6.07) is 10.00. The van der Waals surface area contributed by atoms with E-state index in [9.17, 15) is 0 Å². The quantitative estimate of drug-likeness (QED) is 0.783. The summed E-state index contributed by atoms with van der Waals surface area (Å²) in [5.41, 5.74) is 0. The molecule has 1 heterocycles. The Labute approximate surface area is 130 Å². The molecule has 1 aromatic heterocycles. The zero-order chi connectivity index (χ0) is 15.1. The van der Waals surface area contributed by atoms with Gasteiger partial charge in [-0.3, -0.25) is 0 Å². The van der Waals surface area contributed by atoms with Gasteiger partial charge in [0, 0.05) is 23.9 Å². The maximum atomic E-state index is 5.18. The van der Waals surface area contributed by atoms with E-state index in [1.807, 2.05) is 30.3 Å². The normalized spacial score (nSPS) is 10.4. The second kappa shape index (κ2) is 7.88. The van der Waals surface area contributed by atoms with Crippen LogP contribution < -0.4 is 10.1 Å². The molecule has 1 aromatic carbocycles. The predicted molar refractivity (Wildman–Crippen MR) is 87.3 cm³/mol. The molecule has 0 radical (unpaired) electrons. The van der Waals surface area contributed by atoms with Crippen molar-refractivity contribution in [2.45, 2.75) is 36.6 Å². The lowest BCUT2D eigenvalue weighted by atomic mass is 10.3. The average molecular weight is 303 g/mol. The van der Waals surface area contributed by atoms with Gasteiger partial charge in [-0.15, -0.1) is 0 Å². The third-order valence-electron chi connectivity index (χ3n) is 2.86.